The number of hydrogen-bond acceptors (Lipinski definition) is 3. The van der Waals surface area contributed by atoms with E-state index in [-0.39, 0.29) is 0 Å². The summed E-state index contributed by atoms with van der Waals surface area (Å²) >= 11 is 0. The minimum absolute atomic E-state index is 0.340. The third kappa shape index (κ3) is 6.22. The fourth-order valence-electron chi connectivity index (χ4n) is 0.710. The molecule has 0 aliphatic rings. The molecule has 0 fully saturated rings. The SMILES string of the molecule is CC#COCN(COC#CC)C(C)C. The van der Waals surface area contributed by atoms with Crippen molar-refractivity contribution in [2.75, 3.05) is 13.5 Å². The largest absolute Gasteiger partial charge is 0.430 e. The van der Waals surface area contributed by atoms with Gasteiger partial charge in [-0.3, -0.25) is 0 Å². The molecule has 0 saturated carbocycles. The molecule has 3 heteroatoms. The minimum atomic E-state index is 0.340. The van der Waals surface area contributed by atoms with Crippen LogP contribution in [0.3, 0.4) is 0 Å². The van der Waals surface area contributed by atoms with Crippen LogP contribution in [0.4, 0.5) is 0 Å². The zero-order valence-electron chi connectivity index (χ0n) is 9.26. The zero-order chi connectivity index (χ0) is 10.8. The Labute approximate surface area is 86.4 Å². The van der Waals surface area contributed by atoms with Crippen molar-refractivity contribution in [1.82, 2.24) is 4.90 Å². The van der Waals surface area contributed by atoms with E-state index in [0.717, 1.165) is 0 Å². The summed E-state index contributed by atoms with van der Waals surface area (Å²) < 4.78 is 10.1. The maximum Gasteiger partial charge on any atom is 0.156 e. The van der Waals surface area contributed by atoms with E-state index in [4.69, 9.17) is 9.47 Å². The molecule has 0 aromatic rings. The van der Waals surface area contributed by atoms with Gasteiger partial charge in [-0.15, -0.1) is 0 Å². The quantitative estimate of drug-likeness (QED) is 0.491. The van der Waals surface area contributed by atoms with Gasteiger partial charge in [-0.05, 0) is 13.8 Å². The van der Waals surface area contributed by atoms with Crippen LogP contribution in [0.5, 0.6) is 0 Å². The molecule has 0 heterocycles. The van der Waals surface area contributed by atoms with Crippen molar-refractivity contribution in [3.63, 3.8) is 0 Å². The zero-order valence-corrected chi connectivity index (χ0v) is 9.26. The van der Waals surface area contributed by atoms with Gasteiger partial charge >= 0.3 is 0 Å². The van der Waals surface area contributed by atoms with Gasteiger partial charge < -0.3 is 9.47 Å². The van der Waals surface area contributed by atoms with Crippen LogP contribution in [0.1, 0.15) is 27.7 Å². The van der Waals surface area contributed by atoms with Crippen molar-refractivity contribution >= 4 is 0 Å². The van der Waals surface area contributed by atoms with Gasteiger partial charge in [-0.2, -0.15) is 0 Å². The number of ether oxygens (including phenoxy) is 2. The number of rotatable bonds is 5. The van der Waals surface area contributed by atoms with Crippen LogP contribution in [-0.2, 0) is 9.47 Å². The second-order valence-electron chi connectivity index (χ2n) is 2.93. The Kier molecular flexibility index (Phi) is 7.50. The van der Waals surface area contributed by atoms with Gasteiger partial charge in [-0.1, -0.05) is 11.8 Å². The Morgan fingerprint density at radius 1 is 1.00 bits per heavy atom. The molecule has 14 heavy (non-hydrogen) atoms. The van der Waals surface area contributed by atoms with Crippen LogP contribution in [-0.4, -0.2) is 24.4 Å². The molecule has 3 nitrogen and oxygen atoms in total. The summed E-state index contributed by atoms with van der Waals surface area (Å²) in [4.78, 5) is 1.98. The molecular formula is C11H17NO2. The van der Waals surface area contributed by atoms with Gasteiger partial charge in [0, 0.05) is 19.9 Å². The Balaban J connectivity index is 3.85. The highest BCUT2D eigenvalue weighted by molar-refractivity contribution is 4.86. The Bertz CT molecular complexity index is 228. The monoisotopic (exact) mass is 195 g/mol. The van der Waals surface area contributed by atoms with Crippen LogP contribution in [0.2, 0.25) is 0 Å². The van der Waals surface area contributed by atoms with Gasteiger partial charge in [0.05, 0.1) is 0 Å². The lowest BCUT2D eigenvalue weighted by Gasteiger charge is -2.22. The molecule has 0 N–H and O–H groups in total. The van der Waals surface area contributed by atoms with Crippen LogP contribution < -0.4 is 0 Å². The third-order valence-corrected chi connectivity index (χ3v) is 1.54. The predicted octanol–water partition coefficient (Wildman–Crippen LogP) is 1.61. The summed E-state index contributed by atoms with van der Waals surface area (Å²) in [5.74, 6) is 5.32. The van der Waals surface area contributed by atoms with Crippen LogP contribution in [0, 0.1) is 24.1 Å². The molecule has 0 aromatic heterocycles. The lowest BCUT2D eigenvalue weighted by Crippen LogP contribution is -2.34. The van der Waals surface area contributed by atoms with Gasteiger partial charge in [0.1, 0.15) is 12.2 Å². The standard InChI is InChI=1S/C11H17NO2/c1-5-7-13-9-12(11(3)4)10-14-8-6-2/h11H,9-10H2,1-4H3. The summed E-state index contributed by atoms with van der Waals surface area (Å²) in [6, 6.07) is 0.340. The van der Waals surface area contributed by atoms with Crippen LogP contribution >= 0.6 is 0 Å². The molecule has 0 radical (unpaired) electrons. The molecule has 0 aromatic carbocycles. The molecule has 0 bridgehead atoms. The van der Waals surface area contributed by atoms with Crippen molar-refractivity contribution in [2.45, 2.75) is 33.7 Å². The highest BCUT2D eigenvalue weighted by Crippen LogP contribution is 1.97. The molecule has 0 saturated heterocycles. The fourth-order valence-corrected chi connectivity index (χ4v) is 0.710. The second kappa shape index (κ2) is 8.29. The first kappa shape index (κ1) is 12.7. The molecule has 0 aliphatic heterocycles. The summed E-state index contributed by atoms with van der Waals surface area (Å²) in [5, 5.41) is 0. The molecule has 0 atom stereocenters. The summed E-state index contributed by atoms with van der Waals surface area (Å²) in [6.07, 6.45) is 5.08. The van der Waals surface area contributed by atoms with E-state index in [9.17, 15) is 0 Å². The maximum atomic E-state index is 5.07. The number of hydrogen-bond donors (Lipinski definition) is 0. The first-order valence-corrected chi connectivity index (χ1v) is 4.53. The van der Waals surface area contributed by atoms with Crippen molar-refractivity contribution < 1.29 is 9.47 Å². The van der Waals surface area contributed by atoms with Gasteiger partial charge in [0.2, 0.25) is 0 Å². The number of nitrogens with zero attached hydrogens (tertiary/aromatic N) is 1. The molecule has 0 spiro atoms. The van der Waals surface area contributed by atoms with Gasteiger partial charge in [0.25, 0.3) is 0 Å². The van der Waals surface area contributed by atoms with Crippen molar-refractivity contribution in [3.8, 4) is 24.1 Å². The van der Waals surface area contributed by atoms with E-state index in [1.54, 1.807) is 13.8 Å². The first-order chi connectivity index (χ1) is 6.72. The molecule has 78 valence electrons. The molecule has 0 amide bonds. The Hall–Kier alpha value is -1.32. The average molecular weight is 195 g/mol. The minimum Gasteiger partial charge on any atom is -0.430 e. The topological polar surface area (TPSA) is 21.7 Å². The van der Waals surface area contributed by atoms with Gasteiger partial charge in [0.15, 0.2) is 13.5 Å². The van der Waals surface area contributed by atoms with E-state index in [1.165, 1.54) is 0 Å². The predicted molar refractivity (Wildman–Crippen MR) is 55.8 cm³/mol. The Morgan fingerprint density at radius 3 is 1.71 bits per heavy atom. The third-order valence-electron chi connectivity index (χ3n) is 1.54. The lowest BCUT2D eigenvalue weighted by molar-refractivity contribution is 0.00636. The Morgan fingerprint density at radius 2 is 1.43 bits per heavy atom. The van der Waals surface area contributed by atoms with E-state index >= 15 is 0 Å². The van der Waals surface area contributed by atoms with E-state index in [2.05, 4.69) is 37.9 Å². The normalized spacial score (nSPS) is 8.71. The molecule has 0 rings (SSSR count). The van der Waals surface area contributed by atoms with Crippen molar-refractivity contribution in [1.29, 1.82) is 0 Å². The first-order valence-electron chi connectivity index (χ1n) is 4.53. The smallest absolute Gasteiger partial charge is 0.156 e. The highest BCUT2D eigenvalue weighted by atomic mass is 16.5. The maximum absolute atomic E-state index is 5.07. The summed E-state index contributed by atoms with van der Waals surface area (Å²) in [5.41, 5.74) is 0. The van der Waals surface area contributed by atoms with Gasteiger partial charge in [-0.25, -0.2) is 4.90 Å². The second-order valence-corrected chi connectivity index (χ2v) is 2.93. The van der Waals surface area contributed by atoms with E-state index < -0.39 is 0 Å². The van der Waals surface area contributed by atoms with Crippen molar-refractivity contribution in [3.05, 3.63) is 0 Å². The average Bonchev–Trinajstić information content (AvgIpc) is 2.15. The van der Waals surface area contributed by atoms with E-state index in [0.29, 0.717) is 19.5 Å². The summed E-state index contributed by atoms with van der Waals surface area (Å²) in [6.45, 7) is 8.46. The van der Waals surface area contributed by atoms with Crippen LogP contribution in [0.25, 0.3) is 0 Å². The molecule has 0 unspecified atom stereocenters. The molecule has 0 aliphatic carbocycles. The van der Waals surface area contributed by atoms with Crippen molar-refractivity contribution in [2.24, 2.45) is 0 Å². The van der Waals surface area contributed by atoms with E-state index in [1.807, 2.05) is 4.90 Å². The van der Waals surface area contributed by atoms with Crippen LogP contribution in [0.15, 0.2) is 0 Å². The fraction of sp³-hybridized carbons (Fsp3) is 0.636. The lowest BCUT2D eigenvalue weighted by atomic mass is 10.4. The summed E-state index contributed by atoms with van der Waals surface area (Å²) in [7, 11) is 0. The molecular weight excluding hydrogens is 178 g/mol. The highest BCUT2D eigenvalue weighted by Gasteiger charge is 2.08.